The van der Waals surface area contributed by atoms with Crippen LogP contribution in [0.15, 0.2) is 41.3 Å². The zero-order valence-electron chi connectivity index (χ0n) is 17.5. The smallest absolute Gasteiger partial charge is 0.243 e. The summed E-state index contributed by atoms with van der Waals surface area (Å²) in [6, 6.07) is 11.2. The van der Waals surface area contributed by atoms with Crippen molar-refractivity contribution in [3.05, 3.63) is 53.2 Å². The van der Waals surface area contributed by atoms with Gasteiger partial charge in [0.05, 0.1) is 10.9 Å². The van der Waals surface area contributed by atoms with E-state index < -0.39 is 10.0 Å². The van der Waals surface area contributed by atoms with E-state index in [0.717, 1.165) is 55.0 Å². The molecule has 2 aromatic rings. The molecule has 0 spiro atoms. The summed E-state index contributed by atoms with van der Waals surface area (Å²) in [7, 11) is -3.53. The molecule has 4 rings (SSSR count). The lowest BCUT2D eigenvalue weighted by Gasteiger charge is -2.36. The molecule has 3 heterocycles. The van der Waals surface area contributed by atoms with Crippen LogP contribution in [-0.4, -0.2) is 37.3 Å². The SMILES string of the molecule is Cc1ccc(S(=O)(=O)N2CCCCC2c2ccc(N3CCCCC3)nc2C)cc1. The first-order chi connectivity index (χ1) is 14.0. The third kappa shape index (κ3) is 4.19. The van der Waals surface area contributed by atoms with Gasteiger partial charge in [0.1, 0.15) is 5.82 Å². The Hall–Kier alpha value is -1.92. The van der Waals surface area contributed by atoms with Gasteiger partial charge in [-0.1, -0.05) is 30.2 Å². The topological polar surface area (TPSA) is 53.5 Å². The molecule has 6 heteroatoms. The highest BCUT2D eigenvalue weighted by Crippen LogP contribution is 2.37. The number of hydrogen-bond donors (Lipinski definition) is 0. The van der Waals surface area contributed by atoms with Crippen LogP contribution >= 0.6 is 0 Å². The minimum atomic E-state index is -3.53. The number of aryl methyl sites for hydroxylation is 2. The Balaban J connectivity index is 1.64. The van der Waals surface area contributed by atoms with Crippen LogP contribution in [0.5, 0.6) is 0 Å². The lowest BCUT2D eigenvalue weighted by molar-refractivity contribution is 0.255. The Kier molecular flexibility index (Phi) is 5.93. The molecule has 156 valence electrons. The number of benzene rings is 1. The summed E-state index contributed by atoms with van der Waals surface area (Å²) in [5.74, 6) is 1.02. The number of nitrogens with zero attached hydrogens (tertiary/aromatic N) is 3. The molecule has 29 heavy (non-hydrogen) atoms. The maximum absolute atomic E-state index is 13.4. The van der Waals surface area contributed by atoms with Gasteiger partial charge in [-0.05, 0) is 69.7 Å². The van der Waals surface area contributed by atoms with Gasteiger partial charge in [-0.15, -0.1) is 0 Å². The summed E-state index contributed by atoms with van der Waals surface area (Å²) < 4.78 is 28.5. The average Bonchev–Trinajstić information content (AvgIpc) is 2.75. The van der Waals surface area contributed by atoms with E-state index in [1.54, 1.807) is 16.4 Å². The van der Waals surface area contributed by atoms with Gasteiger partial charge in [0.25, 0.3) is 0 Å². The molecule has 0 radical (unpaired) electrons. The van der Waals surface area contributed by atoms with Crippen molar-refractivity contribution in [1.29, 1.82) is 0 Å². The summed E-state index contributed by atoms with van der Waals surface area (Å²) in [5.41, 5.74) is 3.05. The number of sulfonamides is 1. The summed E-state index contributed by atoms with van der Waals surface area (Å²) in [6.07, 6.45) is 6.51. The number of pyridine rings is 1. The molecule has 5 nitrogen and oxygen atoms in total. The minimum absolute atomic E-state index is 0.141. The largest absolute Gasteiger partial charge is 0.357 e. The van der Waals surface area contributed by atoms with Gasteiger partial charge in [-0.25, -0.2) is 13.4 Å². The van der Waals surface area contributed by atoms with Crippen LogP contribution in [0.1, 0.15) is 61.4 Å². The molecule has 0 aliphatic carbocycles. The lowest BCUT2D eigenvalue weighted by Crippen LogP contribution is -2.39. The average molecular weight is 414 g/mol. The summed E-state index contributed by atoms with van der Waals surface area (Å²) in [6.45, 7) is 6.67. The monoisotopic (exact) mass is 413 g/mol. The Morgan fingerprint density at radius 2 is 1.55 bits per heavy atom. The molecule has 0 N–H and O–H groups in total. The zero-order valence-corrected chi connectivity index (χ0v) is 18.3. The summed E-state index contributed by atoms with van der Waals surface area (Å²) in [4.78, 5) is 7.61. The number of anilines is 1. The molecule has 1 atom stereocenters. The fourth-order valence-corrected chi connectivity index (χ4v) is 6.23. The molecule has 0 bridgehead atoms. The van der Waals surface area contributed by atoms with Crippen LogP contribution in [0.25, 0.3) is 0 Å². The van der Waals surface area contributed by atoms with Gasteiger partial charge in [-0.2, -0.15) is 4.31 Å². The van der Waals surface area contributed by atoms with Gasteiger partial charge in [-0.3, -0.25) is 0 Å². The number of hydrogen-bond acceptors (Lipinski definition) is 4. The quantitative estimate of drug-likeness (QED) is 0.735. The highest BCUT2D eigenvalue weighted by atomic mass is 32.2. The van der Waals surface area contributed by atoms with E-state index in [1.165, 1.54) is 19.3 Å². The van der Waals surface area contributed by atoms with Crippen molar-refractivity contribution in [2.75, 3.05) is 24.5 Å². The van der Waals surface area contributed by atoms with Crippen LogP contribution < -0.4 is 4.90 Å². The number of aromatic nitrogens is 1. The van der Waals surface area contributed by atoms with Crippen molar-refractivity contribution in [1.82, 2.24) is 9.29 Å². The molecule has 1 aromatic carbocycles. The Labute approximate surface area is 174 Å². The van der Waals surface area contributed by atoms with Crippen molar-refractivity contribution in [3.63, 3.8) is 0 Å². The molecule has 0 saturated carbocycles. The minimum Gasteiger partial charge on any atom is -0.357 e. The van der Waals surface area contributed by atoms with Crippen LogP contribution in [0.2, 0.25) is 0 Å². The third-order valence-electron chi connectivity index (χ3n) is 6.23. The van der Waals surface area contributed by atoms with E-state index in [1.807, 2.05) is 26.0 Å². The van der Waals surface area contributed by atoms with Gasteiger partial charge < -0.3 is 4.90 Å². The third-order valence-corrected chi connectivity index (χ3v) is 8.15. The first-order valence-corrected chi connectivity index (χ1v) is 12.2. The van der Waals surface area contributed by atoms with Gasteiger partial charge in [0, 0.05) is 25.3 Å². The van der Waals surface area contributed by atoms with E-state index in [9.17, 15) is 8.42 Å². The van der Waals surface area contributed by atoms with Crippen molar-refractivity contribution in [2.24, 2.45) is 0 Å². The van der Waals surface area contributed by atoms with Crippen LogP contribution in [-0.2, 0) is 10.0 Å². The molecule has 2 fully saturated rings. The first kappa shape index (κ1) is 20.4. The molecule has 0 amide bonds. The summed E-state index contributed by atoms with van der Waals surface area (Å²) in [5, 5.41) is 0. The molecule has 1 unspecified atom stereocenters. The molecule has 2 aliphatic rings. The van der Waals surface area contributed by atoms with Crippen LogP contribution in [0.4, 0.5) is 5.82 Å². The van der Waals surface area contributed by atoms with Crippen LogP contribution in [0.3, 0.4) is 0 Å². The van der Waals surface area contributed by atoms with Crippen molar-refractivity contribution in [2.45, 2.75) is 63.3 Å². The lowest BCUT2D eigenvalue weighted by atomic mass is 9.96. The highest BCUT2D eigenvalue weighted by molar-refractivity contribution is 7.89. The van der Waals surface area contributed by atoms with Crippen LogP contribution in [0, 0.1) is 13.8 Å². The maximum atomic E-state index is 13.4. The second-order valence-corrected chi connectivity index (χ2v) is 10.2. The van der Waals surface area contributed by atoms with Gasteiger partial charge in [0.15, 0.2) is 0 Å². The van der Waals surface area contributed by atoms with E-state index in [4.69, 9.17) is 4.98 Å². The predicted octanol–water partition coefficient (Wildman–Crippen LogP) is 4.60. The molecule has 1 aromatic heterocycles. The fourth-order valence-electron chi connectivity index (χ4n) is 4.56. The van der Waals surface area contributed by atoms with E-state index in [2.05, 4.69) is 17.0 Å². The Bertz CT molecular complexity index is 951. The van der Waals surface area contributed by atoms with Crippen molar-refractivity contribution in [3.8, 4) is 0 Å². The van der Waals surface area contributed by atoms with Crippen molar-refractivity contribution >= 4 is 15.8 Å². The fraction of sp³-hybridized carbons (Fsp3) is 0.522. The predicted molar refractivity (Wildman–Crippen MR) is 117 cm³/mol. The second-order valence-electron chi connectivity index (χ2n) is 8.33. The Morgan fingerprint density at radius 3 is 2.24 bits per heavy atom. The van der Waals surface area contributed by atoms with Crippen molar-refractivity contribution < 1.29 is 8.42 Å². The van der Waals surface area contributed by atoms with Gasteiger partial charge >= 0.3 is 0 Å². The molecule has 2 aliphatic heterocycles. The van der Waals surface area contributed by atoms with Gasteiger partial charge in [0.2, 0.25) is 10.0 Å². The standard InChI is InChI=1S/C23H31N3O2S/c1-18-9-11-20(12-10-18)29(27,28)26-17-7-4-8-22(26)21-13-14-23(24-19(21)2)25-15-5-3-6-16-25/h9-14,22H,3-8,15-17H2,1-2H3. The number of rotatable bonds is 4. The molecular formula is C23H31N3O2S. The van der Waals surface area contributed by atoms with E-state index in [0.29, 0.717) is 11.4 Å². The number of piperidine rings is 2. The molecule has 2 saturated heterocycles. The highest BCUT2D eigenvalue weighted by Gasteiger charge is 2.35. The first-order valence-electron chi connectivity index (χ1n) is 10.8. The summed E-state index contributed by atoms with van der Waals surface area (Å²) >= 11 is 0. The molecular weight excluding hydrogens is 382 g/mol. The van der Waals surface area contributed by atoms with E-state index >= 15 is 0 Å². The van der Waals surface area contributed by atoms with E-state index in [-0.39, 0.29) is 6.04 Å². The zero-order chi connectivity index (χ0) is 20.4. The Morgan fingerprint density at radius 1 is 0.862 bits per heavy atom. The normalized spacial score (nSPS) is 21.3. The second kappa shape index (κ2) is 8.44. The maximum Gasteiger partial charge on any atom is 0.243 e.